The quantitative estimate of drug-likeness (QED) is 0.651. The van der Waals surface area contributed by atoms with Crippen LogP contribution in [0.4, 0.5) is 4.79 Å². The lowest BCUT2D eigenvalue weighted by Crippen LogP contribution is -2.37. The van der Waals surface area contributed by atoms with Crippen molar-refractivity contribution in [3.8, 4) is 5.75 Å². The molecule has 0 bridgehead atoms. The maximum absolute atomic E-state index is 13.5. The molecule has 1 saturated heterocycles. The number of carbonyl (C=O) groups excluding carboxylic acids is 2. The molecule has 2 aromatic carbocycles. The second kappa shape index (κ2) is 10.1. The Labute approximate surface area is 203 Å². The molecule has 1 N–H and O–H groups in total. The molecule has 0 radical (unpaired) electrons. The SMILES string of the molecule is CC(C)(C)c1cc(C(=O)N2CCCN(C(=O)OCc3ccccc3)CC2)cc(C(C)(C)C)c1O. The first-order chi connectivity index (χ1) is 15.9. The van der Waals surface area contributed by atoms with Crippen LogP contribution in [0.25, 0.3) is 0 Å². The Hall–Kier alpha value is -3.02. The summed E-state index contributed by atoms with van der Waals surface area (Å²) in [5.41, 5.74) is 2.44. The van der Waals surface area contributed by atoms with Crippen LogP contribution in [-0.4, -0.2) is 53.1 Å². The summed E-state index contributed by atoms with van der Waals surface area (Å²) in [4.78, 5) is 29.6. The highest BCUT2D eigenvalue weighted by atomic mass is 16.6. The van der Waals surface area contributed by atoms with Crippen molar-refractivity contribution in [3.63, 3.8) is 0 Å². The average molecular weight is 467 g/mol. The highest BCUT2D eigenvalue weighted by Gasteiger charge is 2.30. The van der Waals surface area contributed by atoms with E-state index in [1.807, 2.05) is 84.0 Å². The fourth-order valence-electron chi connectivity index (χ4n) is 4.20. The Morgan fingerprint density at radius 3 is 1.94 bits per heavy atom. The van der Waals surface area contributed by atoms with Crippen LogP contribution < -0.4 is 0 Å². The van der Waals surface area contributed by atoms with E-state index in [0.29, 0.717) is 38.2 Å². The lowest BCUT2D eigenvalue weighted by atomic mass is 9.78. The lowest BCUT2D eigenvalue weighted by molar-refractivity contribution is 0.0748. The minimum absolute atomic E-state index is 0.0736. The Morgan fingerprint density at radius 1 is 0.853 bits per heavy atom. The van der Waals surface area contributed by atoms with E-state index in [0.717, 1.165) is 16.7 Å². The van der Waals surface area contributed by atoms with Crippen molar-refractivity contribution < 1.29 is 19.4 Å². The summed E-state index contributed by atoms with van der Waals surface area (Å²) in [5.74, 6) is 0.190. The van der Waals surface area contributed by atoms with E-state index in [-0.39, 0.29) is 35.2 Å². The highest BCUT2D eigenvalue weighted by molar-refractivity contribution is 5.95. The fraction of sp³-hybridized carbons (Fsp3) is 0.500. The molecular formula is C28H38N2O4. The normalized spacial score (nSPS) is 15.1. The number of nitrogens with zero attached hydrogens (tertiary/aromatic N) is 2. The number of hydrogen-bond acceptors (Lipinski definition) is 4. The van der Waals surface area contributed by atoms with Crippen LogP contribution in [-0.2, 0) is 22.2 Å². The molecule has 0 atom stereocenters. The second-order valence-corrected chi connectivity index (χ2v) is 11.1. The summed E-state index contributed by atoms with van der Waals surface area (Å²) in [7, 11) is 0. The second-order valence-electron chi connectivity index (χ2n) is 11.1. The third-order valence-corrected chi connectivity index (χ3v) is 6.22. The molecule has 0 aliphatic carbocycles. The molecule has 184 valence electrons. The molecule has 6 heteroatoms. The zero-order chi connectivity index (χ0) is 25.1. The standard InChI is InChI=1S/C28H38N2O4/c1-27(2,3)22-17-21(18-23(24(22)31)28(4,5)6)25(32)29-13-10-14-30(16-15-29)26(33)34-19-20-11-8-7-9-12-20/h7-9,11-12,17-18,31H,10,13-16,19H2,1-6H3. The van der Waals surface area contributed by atoms with Crippen molar-refractivity contribution in [2.45, 2.75) is 65.4 Å². The molecule has 0 spiro atoms. The van der Waals surface area contributed by atoms with Crippen molar-refractivity contribution in [1.82, 2.24) is 9.80 Å². The smallest absolute Gasteiger partial charge is 0.410 e. The zero-order valence-electron chi connectivity index (χ0n) is 21.4. The summed E-state index contributed by atoms with van der Waals surface area (Å²) < 4.78 is 5.48. The molecule has 2 aromatic rings. The Kier molecular flexibility index (Phi) is 7.59. The van der Waals surface area contributed by atoms with Crippen molar-refractivity contribution in [3.05, 3.63) is 64.7 Å². The summed E-state index contributed by atoms with van der Waals surface area (Å²) in [6, 6.07) is 13.2. The molecular weight excluding hydrogens is 428 g/mol. The fourth-order valence-corrected chi connectivity index (χ4v) is 4.20. The highest BCUT2D eigenvalue weighted by Crippen LogP contribution is 2.40. The maximum atomic E-state index is 13.5. The summed E-state index contributed by atoms with van der Waals surface area (Å²) in [6.45, 7) is 14.4. The lowest BCUT2D eigenvalue weighted by Gasteiger charge is -2.29. The van der Waals surface area contributed by atoms with E-state index in [9.17, 15) is 14.7 Å². The predicted octanol–water partition coefficient (Wildman–Crippen LogP) is 5.47. The van der Waals surface area contributed by atoms with Crippen molar-refractivity contribution in [1.29, 1.82) is 0 Å². The molecule has 34 heavy (non-hydrogen) atoms. The number of phenols is 1. The largest absolute Gasteiger partial charge is 0.507 e. The van der Waals surface area contributed by atoms with Gasteiger partial charge in [-0.15, -0.1) is 0 Å². The van der Waals surface area contributed by atoms with Gasteiger partial charge in [0.2, 0.25) is 0 Å². The van der Waals surface area contributed by atoms with E-state index < -0.39 is 0 Å². The number of ether oxygens (including phenoxy) is 1. The van der Waals surface area contributed by atoms with E-state index in [2.05, 4.69) is 0 Å². The minimum atomic E-state index is -0.354. The van der Waals surface area contributed by atoms with Gasteiger partial charge >= 0.3 is 6.09 Å². The summed E-state index contributed by atoms with van der Waals surface area (Å²) in [5, 5.41) is 11.0. The third kappa shape index (κ3) is 6.10. The molecule has 1 heterocycles. The van der Waals surface area contributed by atoms with E-state index in [4.69, 9.17) is 4.74 Å². The first kappa shape index (κ1) is 25.6. The van der Waals surface area contributed by atoms with Crippen LogP contribution in [0, 0.1) is 0 Å². The predicted molar refractivity (Wildman–Crippen MR) is 134 cm³/mol. The van der Waals surface area contributed by atoms with Crippen molar-refractivity contribution >= 4 is 12.0 Å². The van der Waals surface area contributed by atoms with Crippen LogP contribution >= 0.6 is 0 Å². The number of phenolic OH excluding ortho intramolecular Hbond substituents is 1. The van der Waals surface area contributed by atoms with Crippen LogP contribution in [0.1, 0.15) is 75.0 Å². The molecule has 3 rings (SSSR count). The van der Waals surface area contributed by atoms with E-state index >= 15 is 0 Å². The number of rotatable bonds is 3. The number of aromatic hydroxyl groups is 1. The molecule has 1 fully saturated rings. The van der Waals surface area contributed by atoms with Gasteiger partial charge in [0.25, 0.3) is 5.91 Å². The van der Waals surface area contributed by atoms with Gasteiger partial charge in [0.05, 0.1) is 0 Å². The number of carbonyl (C=O) groups is 2. The topological polar surface area (TPSA) is 70.1 Å². The van der Waals surface area contributed by atoms with E-state index in [1.165, 1.54) is 0 Å². The Balaban J connectivity index is 1.73. The maximum Gasteiger partial charge on any atom is 0.410 e. The van der Waals surface area contributed by atoms with Gasteiger partial charge in [0, 0.05) is 42.9 Å². The first-order valence-electron chi connectivity index (χ1n) is 12.0. The van der Waals surface area contributed by atoms with Crippen LogP contribution in [0.2, 0.25) is 0 Å². The van der Waals surface area contributed by atoms with Crippen molar-refractivity contribution in [2.75, 3.05) is 26.2 Å². The molecule has 0 aromatic heterocycles. The molecule has 0 saturated carbocycles. The van der Waals surface area contributed by atoms with Crippen LogP contribution in [0.3, 0.4) is 0 Å². The summed E-state index contributed by atoms with van der Waals surface area (Å²) >= 11 is 0. The van der Waals surface area contributed by atoms with Crippen LogP contribution in [0.5, 0.6) is 5.75 Å². The first-order valence-corrected chi connectivity index (χ1v) is 12.0. The third-order valence-electron chi connectivity index (χ3n) is 6.22. The number of amides is 2. The number of benzene rings is 2. The van der Waals surface area contributed by atoms with Crippen LogP contribution in [0.15, 0.2) is 42.5 Å². The van der Waals surface area contributed by atoms with Gasteiger partial charge in [-0.2, -0.15) is 0 Å². The van der Waals surface area contributed by atoms with Gasteiger partial charge in [0.1, 0.15) is 12.4 Å². The van der Waals surface area contributed by atoms with Crippen molar-refractivity contribution in [2.24, 2.45) is 0 Å². The van der Waals surface area contributed by atoms with E-state index in [1.54, 1.807) is 9.80 Å². The Morgan fingerprint density at radius 2 is 1.38 bits per heavy atom. The molecule has 2 amide bonds. The van der Waals surface area contributed by atoms with Gasteiger partial charge in [-0.05, 0) is 34.9 Å². The molecule has 1 aliphatic heterocycles. The zero-order valence-corrected chi connectivity index (χ0v) is 21.4. The minimum Gasteiger partial charge on any atom is -0.507 e. The van der Waals surface area contributed by atoms with Gasteiger partial charge in [0.15, 0.2) is 0 Å². The van der Waals surface area contributed by atoms with Gasteiger partial charge < -0.3 is 19.6 Å². The average Bonchev–Trinajstić information content (AvgIpc) is 3.02. The van der Waals surface area contributed by atoms with Gasteiger partial charge in [-0.25, -0.2) is 4.79 Å². The van der Waals surface area contributed by atoms with Gasteiger partial charge in [-0.3, -0.25) is 4.79 Å². The number of hydrogen-bond donors (Lipinski definition) is 1. The monoisotopic (exact) mass is 466 g/mol. The summed E-state index contributed by atoms with van der Waals surface area (Å²) in [6.07, 6.45) is 0.329. The molecule has 6 nitrogen and oxygen atoms in total. The Bertz CT molecular complexity index is 984. The molecule has 1 aliphatic rings. The van der Waals surface area contributed by atoms with Gasteiger partial charge in [-0.1, -0.05) is 71.9 Å². The molecule has 0 unspecified atom stereocenters.